The summed E-state index contributed by atoms with van der Waals surface area (Å²) in [7, 11) is 0. The Bertz CT molecular complexity index is 460. The van der Waals surface area contributed by atoms with E-state index in [9.17, 15) is 8.78 Å². The number of alkyl halides is 2. The van der Waals surface area contributed by atoms with E-state index in [0.29, 0.717) is 24.8 Å². The molecule has 2 rings (SSSR count). The molecule has 5 heteroatoms. The van der Waals surface area contributed by atoms with Gasteiger partial charge in [0.25, 0.3) is 0 Å². The molecule has 0 aliphatic carbocycles. The summed E-state index contributed by atoms with van der Waals surface area (Å²) in [5, 5.41) is 3.48. The van der Waals surface area contributed by atoms with Crippen molar-refractivity contribution in [2.45, 2.75) is 45.9 Å². The summed E-state index contributed by atoms with van der Waals surface area (Å²) in [4.78, 5) is 0. The van der Waals surface area contributed by atoms with Gasteiger partial charge in [-0.1, -0.05) is 39.0 Å². The van der Waals surface area contributed by atoms with Crippen LogP contribution in [0.4, 0.5) is 8.78 Å². The lowest BCUT2D eigenvalue weighted by atomic mass is 9.85. The zero-order valence-corrected chi connectivity index (χ0v) is 12.7. The molecule has 1 aliphatic rings. The summed E-state index contributed by atoms with van der Waals surface area (Å²) >= 11 is 0. The lowest BCUT2D eigenvalue weighted by Crippen LogP contribution is -2.40. The van der Waals surface area contributed by atoms with Crippen LogP contribution in [0.2, 0.25) is 0 Å². The Morgan fingerprint density at radius 3 is 2.67 bits per heavy atom. The van der Waals surface area contributed by atoms with E-state index in [4.69, 9.17) is 4.74 Å². The number of benzene rings is 1. The van der Waals surface area contributed by atoms with E-state index < -0.39 is 6.61 Å². The molecule has 1 aromatic carbocycles. The minimum atomic E-state index is -2.83. The molecule has 3 nitrogen and oxygen atoms in total. The van der Waals surface area contributed by atoms with Crippen molar-refractivity contribution in [3.8, 4) is 5.75 Å². The van der Waals surface area contributed by atoms with Crippen molar-refractivity contribution in [2.75, 3.05) is 13.2 Å². The first-order chi connectivity index (χ1) is 9.88. The summed E-state index contributed by atoms with van der Waals surface area (Å²) in [6.07, 6.45) is 0.630. The average molecular weight is 299 g/mol. The highest BCUT2D eigenvalue weighted by Gasteiger charge is 2.29. The van der Waals surface area contributed by atoms with Gasteiger partial charge in [-0.25, -0.2) is 0 Å². The molecule has 0 aromatic heterocycles. The van der Waals surface area contributed by atoms with Crippen LogP contribution in [-0.2, 0) is 4.74 Å². The Morgan fingerprint density at radius 1 is 1.29 bits per heavy atom. The highest BCUT2D eigenvalue weighted by molar-refractivity contribution is 5.35. The Labute approximate surface area is 124 Å². The summed E-state index contributed by atoms with van der Waals surface area (Å²) in [6, 6.07) is 7.16. The number of halogens is 2. The number of para-hydroxylation sites is 1. The summed E-state index contributed by atoms with van der Waals surface area (Å²) in [5.41, 5.74) is 0.803. The summed E-state index contributed by atoms with van der Waals surface area (Å²) < 4.78 is 35.4. The first-order valence-electron chi connectivity index (χ1n) is 7.26. The molecular formula is C16H23F2NO2. The van der Waals surface area contributed by atoms with E-state index >= 15 is 0 Å². The molecule has 1 fully saturated rings. The number of hydrogen-bond acceptors (Lipinski definition) is 3. The molecule has 0 spiro atoms. The molecule has 1 aliphatic heterocycles. The van der Waals surface area contributed by atoms with Crippen LogP contribution in [0.15, 0.2) is 24.3 Å². The van der Waals surface area contributed by atoms with Crippen LogP contribution in [0.5, 0.6) is 5.75 Å². The fraction of sp³-hybridized carbons (Fsp3) is 0.625. The number of hydrogen-bond donors (Lipinski definition) is 1. The maximum atomic E-state index is 12.5. The van der Waals surface area contributed by atoms with Crippen molar-refractivity contribution in [3.05, 3.63) is 29.8 Å². The highest BCUT2D eigenvalue weighted by Crippen LogP contribution is 2.32. The minimum absolute atomic E-state index is 0.136. The van der Waals surface area contributed by atoms with E-state index in [1.54, 1.807) is 18.2 Å². The van der Waals surface area contributed by atoms with E-state index in [1.165, 1.54) is 0 Å². The van der Waals surface area contributed by atoms with Crippen molar-refractivity contribution in [3.63, 3.8) is 0 Å². The predicted molar refractivity (Wildman–Crippen MR) is 77.6 cm³/mol. The van der Waals surface area contributed by atoms with Gasteiger partial charge in [0.1, 0.15) is 5.75 Å². The smallest absolute Gasteiger partial charge is 0.387 e. The second-order valence-corrected chi connectivity index (χ2v) is 6.39. The zero-order chi connectivity index (χ0) is 15.5. The van der Waals surface area contributed by atoms with Gasteiger partial charge in [0.05, 0.1) is 6.10 Å². The Kier molecular flexibility index (Phi) is 5.17. The average Bonchev–Trinajstić information content (AvgIpc) is 2.64. The largest absolute Gasteiger partial charge is 0.434 e. The van der Waals surface area contributed by atoms with Crippen LogP contribution in [0.25, 0.3) is 0 Å². The molecule has 1 saturated heterocycles. The first-order valence-corrected chi connectivity index (χ1v) is 7.26. The quantitative estimate of drug-likeness (QED) is 0.922. The van der Waals surface area contributed by atoms with Crippen LogP contribution < -0.4 is 10.1 Å². The summed E-state index contributed by atoms with van der Waals surface area (Å²) in [6.45, 7) is 4.90. The molecule has 0 amide bonds. The molecule has 0 bridgehead atoms. The van der Waals surface area contributed by atoms with Crippen LogP contribution in [0, 0.1) is 5.41 Å². The van der Waals surface area contributed by atoms with E-state index in [0.717, 1.165) is 6.42 Å². The van der Waals surface area contributed by atoms with Gasteiger partial charge in [-0.2, -0.15) is 8.78 Å². The number of rotatable bonds is 3. The Balaban J connectivity index is 2.12. The molecule has 0 saturated carbocycles. The lowest BCUT2D eigenvalue weighted by Gasteiger charge is -2.30. The van der Waals surface area contributed by atoms with Crippen LogP contribution >= 0.6 is 0 Å². The SMILES string of the molecule is CC(C)(C)C1CCOC(c2ccccc2OC(F)F)CN1. The topological polar surface area (TPSA) is 30.5 Å². The maximum absolute atomic E-state index is 12.5. The van der Waals surface area contributed by atoms with Gasteiger partial charge in [0.15, 0.2) is 0 Å². The molecule has 1 N–H and O–H groups in total. The molecule has 2 atom stereocenters. The van der Waals surface area contributed by atoms with E-state index in [1.807, 2.05) is 6.07 Å². The lowest BCUT2D eigenvalue weighted by molar-refractivity contribution is -0.0524. The minimum Gasteiger partial charge on any atom is -0.434 e. The third-order valence-electron chi connectivity index (χ3n) is 3.80. The van der Waals surface area contributed by atoms with Crippen LogP contribution in [0.3, 0.4) is 0 Å². The molecular weight excluding hydrogens is 276 g/mol. The molecule has 2 unspecified atom stereocenters. The Morgan fingerprint density at radius 2 is 2.00 bits per heavy atom. The highest BCUT2D eigenvalue weighted by atomic mass is 19.3. The first kappa shape index (κ1) is 16.2. The fourth-order valence-electron chi connectivity index (χ4n) is 2.63. The van der Waals surface area contributed by atoms with Crippen molar-refractivity contribution in [1.82, 2.24) is 5.32 Å². The zero-order valence-electron chi connectivity index (χ0n) is 12.7. The van der Waals surface area contributed by atoms with Gasteiger partial charge in [-0.3, -0.25) is 0 Å². The third-order valence-corrected chi connectivity index (χ3v) is 3.80. The second-order valence-electron chi connectivity index (χ2n) is 6.39. The number of nitrogens with one attached hydrogen (secondary N) is 1. The third kappa shape index (κ3) is 4.38. The standard InChI is InChI=1S/C16H23F2NO2/c1-16(2,3)14-8-9-20-13(10-19-14)11-6-4-5-7-12(11)21-15(17)18/h4-7,13-15,19H,8-10H2,1-3H3. The van der Waals surface area contributed by atoms with Crippen molar-refractivity contribution in [1.29, 1.82) is 0 Å². The molecule has 1 aromatic rings. The molecule has 21 heavy (non-hydrogen) atoms. The molecule has 0 radical (unpaired) electrons. The second kappa shape index (κ2) is 6.71. The van der Waals surface area contributed by atoms with Crippen molar-refractivity contribution in [2.24, 2.45) is 5.41 Å². The van der Waals surface area contributed by atoms with Crippen LogP contribution in [-0.4, -0.2) is 25.8 Å². The van der Waals surface area contributed by atoms with E-state index in [2.05, 4.69) is 30.8 Å². The number of ether oxygens (including phenoxy) is 2. The Hall–Kier alpha value is -1.20. The van der Waals surface area contributed by atoms with Gasteiger partial charge in [-0.15, -0.1) is 0 Å². The van der Waals surface area contributed by atoms with Gasteiger partial charge >= 0.3 is 6.61 Å². The summed E-state index contributed by atoms with van der Waals surface area (Å²) in [5.74, 6) is 0.188. The van der Waals surface area contributed by atoms with Crippen molar-refractivity contribution >= 4 is 0 Å². The van der Waals surface area contributed by atoms with Crippen LogP contribution in [0.1, 0.15) is 38.9 Å². The normalized spacial score (nSPS) is 23.9. The fourth-order valence-corrected chi connectivity index (χ4v) is 2.63. The van der Waals surface area contributed by atoms with Gasteiger partial charge in [0, 0.05) is 24.8 Å². The predicted octanol–water partition coefficient (Wildman–Crippen LogP) is 3.75. The molecule has 1 heterocycles. The monoisotopic (exact) mass is 299 g/mol. The maximum Gasteiger partial charge on any atom is 0.387 e. The molecule has 118 valence electrons. The van der Waals surface area contributed by atoms with E-state index in [-0.39, 0.29) is 17.3 Å². The van der Waals surface area contributed by atoms with Gasteiger partial charge in [0.2, 0.25) is 0 Å². The van der Waals surface area contributed by atoms with Crippen molar-refractivity contribution < 1.29 is 18.3 Å². The van der Waals surface area contributed by atoms with Gasteiger partial charge in [-0.05, 0) is 17.9 Å². The van der Waals surface area contributed by atoms with Gasteiger partial charge < -0.3 is 14.8 Å².